The average Bonchev–Trinajstić information content (AvgIpc) is 3.10. The van der Waals surface area contributed by atoms with E-state index in [1.807, 2.05) is 0 Å². The van der Waals surface area contributed by atoms with Gasteiger partial charge in [-0.3, -0.25) is 0 Å². The van der Waals surface area contributed by atoms with E-state index in [4.69, 9.17) is 9.26 Å². The molecule has 1 saturated carbocycles. The molecule has 1 unspecified atom stereocenters. The predicted molar refractivity (Wildman–Crippen MR) is 66.3 cm³/mol. The van der Waals surface area contributed by atoms with Gasteiger partial charge in [-0.05, 0) is 25.8 Å². The van der Waals surface area contributed by atoms with Crippen molar-refractivity contribution < 1.29 is 9.26 Å². The summed E-state index contributed by atoms with van der Waals surface area (Å²) in [6.07, 6.45) is 6.74. The van der Waals surface area contributed by atoms with Crippen LogP contribution in [0.5, 0.6) is 0 Å². The van der Waals surface area contributed by atoms with E-state index >= 15 is 0 Å². The first-order valence-electron chi connectivity index (χ1n) is 6.94. The van der Waals surface area contributed by atoms with Gasteiger partial charge in [0.2, 0.25) is 11.7 Å². The minimum absolute atomic E-state index is 0.300. The van der Waals surface area contributed by atoms with Gasteiger partial charge in [0.1, 0.15) is 5.60 Å². The first-order chi connectivity index (χ1) is 8.84. The third-order valence-corrected chi connectivity index (χ3v) is 4.31. The molecule has 1 atom stereocenters. The van der Waals surface area contributed by atoms with Crippen LogP contribution in [0.4, 0.5) is 0 Å². The van der Waals surface area contributed by atoms with Crippen LogP contribution < -0.4 is 5.32 Å². The molecule has 18 heavy (non-hydrogen) atoms. The van der Waals surface area contributed by atoms with E-state index in [0.717, 1.165) is 44.1 Å². The first kappa shape index (κ1) is 12.1. The standard InChI is InChI=1S/C13H21N3O2/c1-17-13(6-3-2-4-7-13)12-15-11(18-16-12)10-5-8-14-9-10/h10,14H,2-9H2,1H3. The Morgan fingerprint density at radius 2 is 2.17 bits per heavy atom. The van der Waals surface area contributed by atoms with Gasteiger partial charge in [0.05, 0.1) is 5.92 Å². The summed E-state index contributed by atoms with van der Waals surface area (Å²) < 4.78 is 11.2. The van der Waals surface area contributed by atoms with Crippen LogP contribution in [-0.2, 0) is 10.3 Å². The quantitative estimate of drug-likeness (QED) is 0.889. The summed E-state index contributed by atoms with van der Waals surface area (Å²) in [5, 5.41) is 7.51. The Kier molecular flexibility index (Phi) is 3.35. The van der Waals surface area contributed by atoms with Crippen LogP contribution in [-0.4, -0.2) is 30.3 Å². The Morgan fingerprint density at radius 3 is 2.83 bits per heavy atom. The Morgan fingerprint density at radius 1 is 1.33 bits per heavy atom. The largest absolute Gasteiger partial charge is 0.370 e. The highest BCUT2D eigenvalue weighted by Crippen LogP contribution is 2.39. The predicted octanol–water partition coefficient (Wildman–Crippen LogP) is 1.95. The number of aromatic nitrogens is 2. The minimum Gasteiger partial charge on any atom is -0.370 e. The lowest BCUT2D eigenvalue weighted by Gasteiger charge is -2.32. The van der Waals surface area contributed by atoms with Gasteiger partial charge in [-0.25, -0.2) is 0 Å². The van der Waals surface area contributed by atoms with Gasteiger partial charge in [-0.1, -0.05) is 24.4 Å². The third-order valence-electron chi connectivity index (χ3n) is 4.31. The van der Waals surface area contributed by atoms with E-state index in [1.54, 1.807) is 7.11 Å². The van der Waals surface area contributed by atoms with Gasteiger partial charge in [0.25, 0.3) is 0 Å². The Bertz CT molecular complexity index is 393. The van der Waals surface area contributed by atoms with Crippen LogP contribution in [0.1, 0.15) is 56.2 Å². The normalized spacial score (nSPS) is 27.5. The Hall–Kier alpha value is -0.940. The van der Waals surface area contributed by atoms with Crippen molar-refractivity contribution in [2.45, 2.75) is 50.0 Å². The number of ether oxygens (including phenoxy) is 1. The highest BCUT2D eigenvalue weighted by Gasteiger charge is 2.39. The van der Waals surface area contributed by atoms with Crippen LogP contribution in [0, 0.1) is 0 Å². The SMILES string of the molecule is COC1(c2noc(C3CCNC3)n2)CCCCC1. The van der Waals surface area contributed by atoms with Gasteiger partial charge in [0, 0.05) is 13.7 Å². The third kappa shape index (κ3) is 2.06. The van der Waals surface area contributed by atoms with Crippen molar-refractivity contribution in [2.75, 3.05) is 20.2 Å². The smallest absolute Gasteiger partial charge is 0.231 e. The molecule has 1 aliphatic carbocycles. The summed E-state index contributed by atoms with van der Waals surface area (Å²) in [6, 6.07) is 0. The van der Waals surface area contributed by atoms with E-state index in [0.29, 0.717) is 5.92 Å². The summed E-state index contributed by atoms with van der Waals surface area (Å²) >= 11 is 0. The van der Waals surface area contributed by atoms with Gasteiger partial charge in [0.15, 0.2) is 0 Å². The Balaban J connectivity index is 1.82. The lowest BCUT2D eigenvalue weighted by atomic mass is 9.84. The van der Waals surface area contributed by atoms with E-state index in [2.05, 4.69) is 15.5 Å². The molecule has 0 radical (unpaired) electrons. The number of hydrogen-bond donors (Lipinski definition) is 1. The zero-order valence-electron chi connectivity index (χ0n) is 10.9. The fourth-order valence-electron chi connectivity index (χ4n) is 3.09. The molecule has 100 valence electrons. The summed E-state index contributed by atoms with van der Waals surface area (Å²) in [4.78, 5) is 4.62. The fraction of sp³-hybridized carbons (Fsp3) is 0.846. The zero-order valence-corrected chi connectivity index (χ0v) is 10.9. The van der Waals surface area contributed by atoms with Gasteiger partial charge in [-0.2, -0.15) is 4.98 Å². The van der Waals surface area contributed by atoms with Crippen molar-refractivity contribution in [3.05, 3.63) is 11.7 Å². The molecule has 0 aromatic carbocycles. The summed E-state index contributed by atoms with van der Waals surface area (Å²) in [5.41, 5.74) is -0.300. The molecule has 1 aromatic heterocycles. The van der Waals surface area contributed by atoms with E-state index in [-0.39, 0.29) is 5.60 Å². The number of rotatable bonds is 3. The van der Waals surface area contributed by atoms with Crippen LogP contribution in [0.2, 0.25) is 0 Å². The monoisotopic (exact) mass is 251 g/mol. The summed E-state index contributed by atoms with van der Waals surface area (Å²) in [5.74, 6) is 1.91. The maximum absolute atomic E-state index is 5.74. The lowest BCUT2D eigenvalue weighted by molar-refractivity contribution is -0.0527. The second-order valence-electron chi connectivity index (χ2n) is 5.41. The molecule has 1 N–H and O–H groups in total. The van der Waals surface area contributed by atoms with Crippen LogP contribution in [0.25, 0.3) is 0 Å². The maximum atomic E-state index is 5.74. The molecule has 1 aromatic rings. The Labute approximate surface area is 107 Å². The molecule has 0 bridgehead atoms. The molecule has 0 spiro atoms. The maximum Gasteiger partial charge on any atom is 0.231 e. The van der Waals surface area contributed by atoms with Crippen LogP contribution >= 0.6 is 0 Å². The second-order valence-corrected chi connectivity index (χ2v) is 5.41. The molecule has 2 aliphatic rings. The van der Waals surface area contributed by atoms with Crippen molar-refractivity contribution in [1.82, 2.24) is 15.5 Å². The van der Waals surface area contributed by atoms with E-state index in [1.165, 1.54) is 19.3 Å². The molecule has 3 rings (SSSR count). The molecule has 1 saturated heterocycles. The van der Waals surface area contributed by atoms with Gasteiger partial charge < -0.3 is 14.6 Å². The highest BCUT2D eigenvalue weighted by molar-refractivity contribution is 5.06. The molecule has 1 aliphatic heterocycles. The molecule has 2 heterocycles. The molecule has 5 heteroatoms. The fourth-order valence-corrected chi connectivity index (χ4v) is 3.09. The molecular weight excluding hydrogens is 230 g/mol. The first-order valence-corrected chi connectivity index (χ1v) is 6.94. The van der Waals surface area contributed by atoms with E-state index < -0.39 is 0 Å². The van der Waals surface area contributed by atoms with Gasteiger partial charge in [-0.15, -0.1) is 0 Å². The highest BCUT2D eigenvalue weighted by atomic mass is 16.5. The molecule has 0 amide bonds. The molecule has 5 nitrogen and oxygen atoms in total. The van der Waals surface area contributed by atoms with Crippen LogP contribution in [0.15, 0.2) is 4.52 Å². The minimum atomic E-state index is -0.300. The molecular formula is C13H21N3O2. The number of nitrogens with one attached hydrogen (secondary N) is 1. The van der Waals surface area contributed by atoms with Crippen molar-refractivity contribution in [1.29, 1.82) is 0 Å². The van der Waals surface area contributed by atoms with Gasteiger partial charge >= 0.3 is 0 Å². The molecule has 2 fully saturated rings. The van der Waals surface area contributed by atoms with Crippen molar-refractivity contribution in [3.8, 4) is 0 Å². The van der Waals surface area contributed by atoms with Crippen molar-refractivity contribution >= 4 is 0 Å². The number of hydrogen-bond acceptors (Lipinski definition) is 5. The summed E-state index contributed by atoms with van der Waals surface area (Å²) in [6.45, 7) is 1.99. The van der Waals surface area contributed by atoms with E-state index in [9.17, 15) is 0 Å². The lowest BCUT2D eigenvalue weighted by Crippen LogP contribution is -2.32. The van der Waals surface area contributed by atoms with Crippen LogP contribution in [0.3, 0.4) is 0 Å². The zero-order chi connectivity index (χ0) is 12.4. The topological polar surface area (TPSA) is 60.2 Å². The van der Waals surface area contributed by atoms with Crippen molar-refractivity contribution in [2.24, 2.45) is 0 Å². The second kappa shape index (κ2) is 4.97. The average molecular weight is 251 g/mol. The summed E-state index contributed by atoms with van der Waals surface area (Å²) in [7, 11) is 1.76. The van der Waals surface area contributed by atoms with Crippen molar-refractivity contribution in [3.63, 3.8) is 0 Å². The number of methoxy groups -OCH3 is 1. The number of nitrogens with zero attached hydrogens (tertiary/aromatic N) is 2.